The topological polar surface area (TPSA) is 71.4 Å². The van der Waals surface area contributed by atoms with Gasteiger partial charge in [0.25, 0.3) is 0 Å². The Labute approximate surface area is 162 Å². The minimum absolute atomic E-state index is 0.0501. The molecule has 0 spiro atoms. The molecule has 0 amide bonds. The van der Waals surface area contributed by atoms with Crippen LogP contribution < -0.4 is 0 Å². The molecule has 0 radical (unpaired) electrons. The lowest BCUT2D eigenvalue weighted by molar-refractivity contribution is -0.132. The highest BCUT2D eigenvalue weighted by Crippen LogP contribution is 2.52. The van der Waals surface area contributed by atoms with E-state index >= 15 is 0 Å². The number of hydrogen-bond donors (Lipinski definition) is 1. The Balaban J connectivity index is 0.00000102. The van der Waals surface area contributed by atoms with Crippen LogP contribution in [0.4, 0.5) is 0 Å². The van der Waals surface area contributed by atoms with Gasteiger partial charge in [-0.3, -0.25) is 14.4 Å². The molecule has 4 rings (SSSR count). The number of ketones is 3. The van der Waals surface area contributed by atoms with Gasteiger partial charge in [-0.1, -0.05) is 50.8 Å². The number of carbonyl (C=O) groups excluding carboxylic acids is 3. The molecular formula is C23H32O4. The molecule has 148 valence electrons. The van der Waals surface area contributed by atoms with Crippen molar-refractivity contribution in [1.29, 1.82) is 0 Å². The van der Waals surface area contributed by atoms with E-state index in [0.29, 0.717) is 25.7 Å². The van der Waals surface area contributed by atoms with Crippen LogP contribution in [0, 0.1) is 17.3 Å². The van der Waals surface area contributed by atoms with Crippen LogP contribution in [0.15, 0.2) is 23.3 Å². The Hall–Kier alpha value is -1.55. The standard InChI is InChI=1S/C21H26O4.C2H6/c22-16-6-7-18-13(9-16)8-14(20(18)25)11-21(12-17(23)10-19(21)24)15-4-2-1-3-5-15;1-2/h6-7,14-16,22H,1-5,8-12H2;1-2H3. The zero-order valence-electron chi connectivity index (χ0n) is 16.6. The molecule has 0 aliphatic heterocycles. The van der Waals surface area contributed by atoms with Crippen molar-refractivity contribution >= 4 is 17.3 Å². The van der Waals surface area contributed by atoms with Crippen LogP contribution in [0.1, 0.15) is 78.1 Å². The molecule has 0 aromatic rings. The third-order valence-corrected chi connectivity index (χ3v) is 6.87. The van der Waals surface area contributed by atoms with Crippen molar-refractivity contribution in [2.24, 2.45) is 17.3 Å². The maximum Gasteiger partial charge on any atom is 0.166 e. The first-order chi connectivity index (χ1) is 13.0. The van der Waals surface area contributed by atoms with E-state index < -0.39 is 11.5 Å². The summed E-state index contributed by atoms with van der Waals surface area (Å²) in [7, 11) is 0. The van der Waals surface area contributed by atoms with Crippen molar-refractivity contribution in [2.45, 2.75) is 84.2 Å². The third-order valence-electron chi connectivity index (χ3n) is 6.87. The van der Waals surface area contributed by atoms with Crippen molar-refractivity contribution in [1.82, 2.24) is 0 Å². The predicted octanol–water partition coefficient (Wildman–Crippen LogP) is 4.11. The van der Waals surface area contributed by atoms with Crippen molar-refractivity contribution in [3.8, 4) is 0 Å². The summed E-state index contributed by atoms with van der Waals surface area (Å²) in [5, 5.41) is 9.81. The van der Waals surface area contributed by atoms with E-state index in [0.717, 1.165) is 36.8 Å². The van der Waals surface area contributed by atoms with Crippen molar-refractivity contribution in [2.75, 3.05) is 0 Å². The fourth-order valence-electron chi connectivity index (χ4n) is 5.67. The average molecular weight is 373 g/mol. The number of Topliss-reactive ketones (excluding diaryl/α,β-unsaturated/α-hetero) is 3. The maximum atomic E-state index is 12.9. The molecule has 4 aliphatic carbocycles. The minimum Gasteiger partial charge on any atom is -0.389 e. The summed E-state index contributed by atoms with van der Waals surface area (Å²) < 4.78 is 0. The number of rotatable bonds is 3. The van der Waals surface area contributed by atoms with Crippen LogP contribution in [0.25, 0.3) is 0 Å². The van der Waals surface area contributed by atoms with Crippen LogP contribution in [0.3, 0.4) is 0 Å². The number of allylic oxidation sites excluding steroid dienone is 2. The molecule has 27 heavy (non-hydrogen) atoms. The second-order valence-corrected chi connectivity index (χ2v) is 8.42. The lowest BCUT2D eigenvalue weighted by Crippen LogP contribution is -2.39. The zero-order valence-corrected chi connectivity index (χ0v) is 16.6. The number of aliphatic hydroxyl groups excluding tert-OH is 1. The summed E-state index contributed by atoms with van der Waals surface area (Å²) in [5.41, 5.74) is 1.17. The summed E-state index contributed by atoms with van der Waals surface area (Å²) in [5.74, 6) is 0.302. The highest BCUT2D eigenvalue weighted by molar-refractivity contribution is 6.10. The quantitative estimate of drug-likeness (QED) is 0.757. The minimum atomic E-state index is -0.602. The molecule has 0 aromatic carbocycles. The molecule has 2 saturated carbocycles. The van der Waals surface area contributed by atoms with E-state index in [1.165, 1.54) is 6.42 Å². The van der Waals surface area contributed by atoms with Gasteiger partial charge < -0.3 is 5.11 Å². The van der Waals surface area contributed by atoms with Crippen molar-refractivity contribution in [3.63, 3.8) is 0 Å². The molecule has 3 unspecified atom stereocenters. The van der Waals surface area contributed by atoms with Crippen molar-refractivity contribution in [3.05, 3.63) is 23.3 Å². The summed E-state index contributed by atoms with van der Waals surface area (Å²) >= 11 is 0. The monoisotopic (exact) mass is 372 g/mol. The van der Waals surface area contributed by atoms with E-state index in [-0.39, 0.29) is 35.6 Å². The molecule has 0 saturated heterocycles. The Bertz CT molecular complexity index is 680. The maximum absolute atomic E-state index is 12.9. The fraction of sp³-hybridized carbons (Fsp3) is 0.696. The summed E-state index contributed by atoms with van der Waals surface area (Å²) in [6.45, 7) is 4.00. The largest absolute Gasteiger partial charge is 0.389 e. The highest BCUT2D eigenvalue weighted by Gasteiger charge is 2.53. The summed E-state index contributed by atoms with van der Waals surface area (Å²) in [6, 6.07) is 0. The van der Waals surface area contributed by atoms with Crippen LogP contribution in [-0.2, 0) is 14.4 Å². The Morgan fingerprint density at radius 3 is 2.41 bits per heavy atom. The van der Waals surface area contributed by atoms with Gasteiger partial charge in [0.2, 0.25) is 0 Å². The molecule has 0 bridgehead atoms. The van der Waals surface area contributed by atoms with Crippen LogP contribution in [-0.4, -0.2) is 28.6 Å². The van der Waals surface area contributed by atoms with Gasteiger partial charge in [-0.2, -0.15) is 0 Å². The first-order valence-corrected chi connectivity index (χ1v) is 10.7. The molecule has 4 heteroatoms. The molecule has 3 atom stereocenters. The molecular weight excluding hydrogens is 340 g/mol. The number of aliphatic hydroxyl groups is 1. The second-order valence-electron chi connectivity index (χ2n) is 8.42. The SMILES string of the molecule is CC.O=C1CC(=O)C(CC2CC3=C(C=CC(O)C3)C2=O)(C2CCCCC2)C1. The van der Waals surface area contributed by atoms with Gasteiger partial charge in [-0.15, -0.1) is 0 Å². The second kappa shape index (κ2) is 8.22. The van der Waals surface area contributed by atoms with E-state index in [4.69, 9.17) is 0 Å². The highest BCUT2D eigenvalue weighted by atomic mass is 16.3. The van der Waals surface area contributed by atoms with Crippen LogP contribution in [0.2, 0.25) is 0 Å². The lowest BCUT2D eigenvalue weighted by atomic mass is 9.63. The number of carbonyl (C=O) groups is 3. The first kappa shape index (κ1) is 20.2. The van der Waals surface area contributed by atoms with E-state index in [2.05, 4.69) is 0 Å². The normalized spacial score (nSPS) is 34.0. The van der Waals surface area contributed by atoms with Gasteiger partial charge in [-0.05, 0) is 38.0 Å². The third kappa shape index (κ3) is 3.73. The van der Waals surface area contributed by atoms with Crippen molar-refractivity contribution < 1.29 is 19.5 Å². The van der Waals surface area contributed by atoms with Gasteiger partial charge in [-0.25, -0.2) is 0 Å². The summed E-state index contributed by atoms with van der Waals surface area (Å²) in [4.78, 5) is 37.8. The van der Waals surface area contributed by atoms with E-state index in [1.54, 1.807) is 12.2 Å². The zero-order chi connectivity index (χ0) is 19.6. The molecule has 4 nitrogen and oxygen atoms in total. The van der Waals surface area contributed by atoms with Gasteiger partial charge in [0.15, 0.2) is 5.78 Å². The van der Waals surface area contributed by atoms with E-state index in [1.807, 2.05) is 13.8 Å². The lowest BCUT2D eigenvalue weighted by Gasteiger charge is -2.39. The molecule has 1 N–H and O–H groups in total. The van der Waals surface area contributed by atoms with Gasteiger partial charge >= 0.3 is 0 Å². The molecule has 0 aromatic heterocycles. The summed E-state index contributed by atoms with van der Waals surface area (Å²) in [6.07, 6.45) is 10.5. The Morgan fingerprint density at radius 1 is 1.07 bits per heavy atom. The Kier molecular flexibility index (Phi) is 6.15. The molecule has 2 fully saturated rings. The predicted molar refractivity (Wildman–Crippen MR) is 104 cm³/mol. The molecule has 0 heterocycles. The Morgan fingerprint density at radius 2 is 1.78 bits per heavy atom. The van der Waals surface area contributed by atoms with Gasteiger partial charge in [0.05, 0.1) is 12.5 Å². The number of hydrogen-bond acceptors (Lipinski definition) is 4. The van der Waals surface area contributed by atoms with Gasteiger partial charge in [0.1, 0.15) is 11.6 Å². The van der Waals surface area contributed by atoms with Gasteiger partial charge in [0, 0.05) is 23.3 Å². The first-order valence-electron chi connectivity index (χ1n) is 10.7. The molecule has 4 aliphatic rings. The van der Waals surface area contributed by atoms with Crippen LogP contribution in [0.5, 0.6) is 0 Å². The van der Waals surface area contributed by atoms with Crippen LogP contribution >= 0.6 is 0 Å². The van der Waals surface area contributed by atoms with E-state index in [9.17, 15) is 19.5 Å². The smallest absolute Gasteiger partial charge is 0.166 e. The fourth-order valence-corrected chi connectivity index (χ4v) is 5.67. The average Bonchev–Trinajstić information content (AvgIpc) is 3.13.